The smallest absolute Gasteiger partial charge is 0.361 e. The molecule has 0 aliphatic heterocycles. The lowest BCUT2D eigenvalue weighted by molar-refractivity contribution is -0.670. The molecule has 0 aliphatic rings. The van der Waals surface area contributed by atoms with Crippen molar-refractivity contribution < 1.29 is 18.5 Å². The summed E-state index contributed by atoms with van der Waals surface area (Å²) in [6, 6.07) is 13.6. The maximum Gasteiger partial charge on any atom is 0.416 e. The van der Waals surface area contributed by atoms with Crippen LogP contribution < -0.4 is 5.32 Å². The zero-order chi connectivity index (χ0) is 16.3. The van der Waals surface area contributed by atoms with Gasteiger partial charge in [-0.15, -0.1) is 0 Å². The highest BCUT2D eigenvalue weighted by molar-refractivity contribution is 5.82. The first-order valence-electron chi connectivity index (χ1n) is 7.57. The quantitative estimate of drug-likeness (QED) is 0.675. The topological polar surface area (TPSA) is 32.4 Å². The monoisotopic (exact) mass is 319 g/mol. The van der Waals surface area contributed by atoms with Gasteiger partial charge in [0.25, 0.3) is 0 Å². The third-order valence-corrected chi connectivity index (χ3v) is 3.93. The molecule has 0 amide bonds. The molecule has 2 aromatic carbocycles. The van der Waals surface area contributed by atoms with Gasteiger partial charge in [0.05, 0.1) is 12.1 Å². The fourth-order valence-corrected chi connectivity index (χ4v) is 2.74. The molecule has 0 saturated carbocycles. The van der Waals surface area contributed by atoms with Crippen molar-refractivity contribution in [3.63, 3.8) is 0 Å². The van der Waals surface area contributed by atoms with Crippen molar-refractivity contribution in [2.45, 2.75) is 19.1 Å². The lowest BCUT2D eigenvalue weighted by Gasteiger charge is -2.08. The van der Waals surface area contributed by atoms with Crippen molar-refractivity contribution in [2.75, 3.05) is 6.54 Å². The Morgan fingerprint density at radius 1 is 1.00 bits per heavy atom. The Kier molecular flexibility index (Phi) is 4.39. The molecule has 0 aliphatic carbocycles. The van der Waals surface area contributed by atoms with Crippen LogP contribution in [0.15, 0.2) is 54.7 Å². The number of nitrogens with two attached hydrogens (primary N) is 1. The van der Waals surface area contributed by atoms with Gasteiger partial charge in [0.15, 0.2) is 0 Å². The second-order valence-electron chi connectivity index (χ2n) is 5.59. The van der Waals surface area contributed by atoms with Gasteiger partial charge in [-0.2, -0.15) is 13.2 Å². The molecule has 3 N–H and O–H groups in total. The highest BCUT2D eigenvalue weighted by Crippen LogP contribution is 2.29. The first kappa shape index (κ1) is 15.6. The number of H-pyrrole nitrogens is 1. The number of fused-ring (bicyclic) bond motifs is 1. The van der Waals surface area contributed by atoms with E-state index in [9.17, 15) is 13.2 Å². The Morgan fingerprint density at radius 2 is 1.83 bits per heavy atom. The highest BCUT2D eigenvalue weighted by Gasteiger charge is 2.30. The third-order valence-electron chi connectivity index (χ3n) is 3.93. The van der Waals surface area contributed by atoms with Gasteiger partial charge in [0.1, 0.15) is 6.54 Å². The van der Waals surface area contributed by atoms with Gasteiger partial charge in [0, 0.05) is 29.1 Å². The summed E-state index contributed by atoms with van der Waals surface area (Å²) >= 11 is 0. The number of nitrogens with one attached hydrogen (secondary N) is 1. The molecule has 120 valence electrons. The number of para-hydroxylation sites is 1. The fraction of sp³-hybridized carbons (Fsp3) is 0.222. The molecule has 1 aromatic heterocycles. The van der Waals surface area contributed by atoms with Crippen LogP contribution in [0.3, 0.4) is 0 Å². The summed E-state index contributed by atoms with van der Waals surface area (Å²) in [5, 5.41) is 3.25. The Labute approximate surface area is 132 Å². The molecule has 23 heavy (non-hydrogen) atoms. The predicted molar refractivity (Wildman–Crippen MR) is 83.9 cm³/mol. The van der Waals surface area contributed by atoms with Crippen LogP contribution in [0.2, 0.25) is 0 Å². The van der Waals surface area contributed by atoms with E-state index in [1.165, 1.54) is 23.1 Å². The van der Waals surface area contributed by atoms with Crippen molar-refractivity contribution in [1.82, 2.24) is 4.98 Å². The van der Waals surface area contributed by atoms with Crippen LogP contribution in [0.25, 0.3) is 10.9 Å². The SMILES string of the molecule is FC(F)(F)c1cccc(C[NH2+]CCc2c[nH]c3ccccc23)c1. The van der Waals surface area contributed by atoms with Crippen LogP contribution >= 0.6 is 0 Å². The normalized spacial score (nSPS) is 12.0. The van der Waals surface area contributed by atoms with Crippen molar-refractivity contribution in [3.8, 4) is 0 Å². The Bertz CT molecular complexity index is 790. The van der Waals surface area contributed by atoms with Crippen molar-refractivity contribution in [1.29, 1.82) is 0 Å². The molecule has 3 aromatic rings. The van der Waals surface area contributed by atoms with E-state index in [-0.39, 0.29) is 0 Å². The van der Waals surface area contributed by atoms with Gasteiger partial charge in [-0.1, -0.05) is 30.3 Å². The van der Waals surface area contributed by atoms with Gasteiger partial charge in [0.2, 0.25) is 0 Å². The van der Waals surface area contributed by atoms with Crippen LogP contribution in [0.5, 0.6) is 0 Å². The molecule has 3 rings (SSSR count). The number of rotatable bonds is 5. The second-order valence-corrected chi connectivity index (χ2v) is 5.59. The lowest BCUT2D eigenvalue weighted by atomic mass is 10.1. The zero-order valence-corrected chi connectivity index (χ0v) is 12.5. The lowest BCUT2D eigenvalue weighted by Crippen LogP contribution is -2.83. The Morgan fingerprint density at radius 3 is 2.65 bits per heavy atom. The summed E-state index contributed by atoms with van der Waals surface area (Å²) in [7, 11) is 0. The van der Waals surface area contributed by atoms with Crippen LogP contribution in [-0.4, -0.2) is 11.5 Å². The molecule has 0 radical (unpaired) electrons. The van der Waals surface area contributed by atoms with E-state index < -0.39 is 11.7 Å². The van der Waals surface area contributed by atoms with E-state index in [2.05, 4.69) is 11.1 Å². The fourth-order valence-electron chi connectivity index (χ4n) is 2.74. The summed E-state index contributed by atoms with van der Waals surface area (Å²) in [4.78, 5) is 3.23. The van der Waals surface area contributed by atoms with Gasteiger partial charge in [-0.05, 0) is 23.8 Å². The molecule has 1 heterocycles. The summed E-state index contributed by atoms with van der Waals surface area (Å²) in [6.07, 6.45) is -1.40. The van der Waals surface area contributed by atoms with E-state index in [1.54, 1.807) is 6.07 Å². The van der Waals surface area contributed by atoms with Gasteiger partial charge < -0.3 is 10.3 Å². The second kappa shape index (κ2) is 6.46. The van der Waals surface area contributed by atoms with E-state index in [0.29, 0.717) is 12.1 Å². The summed E-state index contributed by atoms with van der Waals surface area (Å²) in [5.41, 5.74) is 2.46. The number of aromatic amines is 1. The molecule has 0 spiro atoms. The summed E-state index contributed by atoms with van der Waals surface area (Å²) in [5.74, 6) is 0. The molecule has 5 heteroatoms. The average Bonchev–Trinajstić information content (AvgIpc) is 2.94. The number of quaternary nitrogens is 1. The third kappa shape index (κ3) is 3.74. The summed E-state index contributed by atoms with van der Waals surface area (Å²) in [6.45, 7) is 1.38. The molecule has 2 nitrogen and oxygen atoms in total. The minimum atomic E-state index is -4.28. The van der Waals surface area contributed by atoms with Crippen LogP contribution in [0, 0.1) is 0 Å². The Balaban J connectivity index is 1.56. The van der Waals surface area contributed by atoms with E-state index in [0.717, 1.165) is 24.5 Å². The molecule has 0 atom stereocenters. The van der Waals surface area contributed by atoms with Crippen molar-refractivity contribution >= 4 is 10.9 Å². The molecule has 0 fully saturated rings. The average molecular weight is 319 g/mol. The Hall–Kier alpha value is -2.27. The van der Waals surface area contributed by atoms with E-state index >= 15 is 0 Å². The largest absolute Gasteiger partial charge is 0.416 e. The summed E-state index contributed by atoms with van der Waals surface area (Å²) < 4.78 is 38.0. The number of aromatic nitrogens is 1. The zero-order valence-electron chi connectivity index (χ0n) is 12.5. The maximum atomic E-state index is 12.7. The highest BCUT2D eigenvalue weighted by atomic mass is 19.4. The van der Waals surface area contributed by atoms with Gasteiger partial charge >= 0.3 is 6.18 Å². The first-order valence-corrected chi connectivity index (χ1v) is 7.57. The molecular weight excluding hydrogens is 301 g/mol. The number of halogens is 3. The minimum Gasteiger partial charge on any atom is -0.361 e. The maximum absolute atomic E-state index is 12.7. The molecular formula is C18H18F3N2+. The van der Waals surface area contributed by atoms with Gasteiger partial charge in [-0.25, -0.2) is 0 Å². The number of hydrogen-bond acceptors (Lipinski definition) is 0. The van der Waals surface area contributed by atoms with Crippen LogP contribution in [-0.2, 0) is 19.1 Å². The van der Waals surface area contributed by atoms with Gasteiger partial charge in [-0.3, -0.25) is 0 Å². The van der Waals surface area contributed by atoms with Crippen LogP contribution in [0.1, 0.15) is 16.7 Å². The van der Waals surface area contributed by atoms with Crippen molar-refractivity contribution in [2.24, 2.45) is 0 Å². The van der Waals surface area contributed by atoms with E-state index in [1.807, 2.05) is 29.7 Å². The molecule has 0 unspecified atom stereocenters. The van der Waals surface area contributed by atoms with Crippen LogP contribution in [0.4, 0.5) is 13.2 Å². The minimum absolute atomic E-state index is 0.548. The first-order chi connectivity index (χ1) is 11.0. The number of hydrogen-bond donors (Lipinski definition) is 2. The number of alkyl halides is 3. The molecule has 0 bridgehead atoms. The number of benzene rings is 2. The van der Waals surface area contributed by atoms with E-state index in [4.69, 9.17) is 0 Å². The predicted octanol–water partition coefficient (Wildman–Crippen LogP) is 3.49. The van der Waals surface area contributed by atoms with Crippen molar-refractivity contribution in [3.05, 3.63) is 71.4 Å². The molecule has 0 saturated heterocycles. The standard InChI is InChI=1S/C18H17F3N2/c19-18(20,21)15-5-3-4-13(10-15)11-22-9-8-14-12-23-17-7-2-1-6-16(14)17/h1-7,10,12,22-23H,8-9,11H2/p+1.